The van der Waals surface area contributed by atoms with Crippen molar-refractivity contribution in [3.8, 4) is 17.3 Å². The topological polar surface area (TPSA) is 65.3 Å². The second-order valence-corrected chi connectivity index (χ2v) is 5.48. The number of methoxy groups -OCH3 is 1. The van der Waals surface area contributed by atoms with E-state index in [1.54, 1.807) is 26.0 Å². The van der Waals surface area contributed by atoms with E-state index >= 15 is 0 Å². The molecule has 0 aliphatic heterocycles. The van der Waals surface area contributed by atoms with Gasteiger partial charge >= 0.3 is 0 Å². The lowest BCUT2D eigenvalue weighted by Gasteiger charge is -2.19. The molecule has 3 aromatic rings. The Morgan fingerprint density at radius 2 is 2.04 bits per heavy atom. The molecule has 2 aromatic heterocycles. The maximum atomic E-state index is 5.56. The summed E-state index contributed by atoms with van der Waals surface area (Å²) < 4.78 is 12.8. The first-order valence-corrected chi connectivity index (χ1v) is 8.02. The van der Waals surface area contributed by atoms with Crippen LogP contribution in [0.1, 0.15) is 12.5 Å². The zero-order valence-corrected chi connectivity index (χ0v) is 14.6. The van der Waals surface area contributed by atoms with Crippen LogP contribution in [0.2, 0.25) is 0 Å². The second-order valence-electron chi connectivity index (χ2n) is 5.48. The van der Waals surface area contributed by atoms with Crippen LogP contribution in [0.25, 0.3) is 5.82 Å². The standard InChI is InChI=1S/C18H21N5O2/c1-4-25-15-6-5-14(9-16(15)24-3)11-22(2)17-10-18(21-12-20-17)23-8-7-19-13-23/h5-10,12-13H,4,11H2,1-3H3. The first-order chi connectivity index (χ1) is 12.2. The SMILES string of the molecule is CCOc1ccc(CN(C)c2cc(-n3ccnc3)ncn2)cc1OC. The first kappa shape index (κ1) is 16.8. The largest absolute Gasteiger partial charge is 0.493 e. The number of aromatic nitrogens is 4. The van der Waals surface area contributed by atoms with Crippen LogP contribution >= 0.6 is 0 Å². The number of rotatable bonds is 7. The molecular weight excluding hydrogens is 318 g/mol. The number of imidazole rings is 1. The number of ether oxygens (including phenoxy) is 2. The number of anilines is 1. The molecule has 0 N–H and O–H groups in total. The first-order valence-electron chi connectivity index (χ1n) is 8.02. The fraction of sp³-hybridized carbons (Fsp3) is 0.278. The Morgan fingerprint density at radius 3 is 2.76 bits per heavy atom. The number of nitrogens with zero attached hydrogens (tertiary/aromatic N) is 5. The van der Waals surface area contributed by atoms with Crippen molar-refractivity contribution in [3.63, 3.8) is 0 Å². The Hall–Kier alpha value is -3.09. The van der Waals surface area contributed by atoms with Crippen LogP contribution in [0, 0.1) is 0 Å². The summed E-state index contributed by atoms with van der Waals surface area (Å²) in [5.74, 6) is 3.08. The highest BCUT2D eigenvalue weighted by Crippen LogP contribution is 2.28. The molecule has 7 nitrogen and oxygen atoms in total. The van der Waals surface area contributed by atoms with Gasteiger partial charge in [0, 0.05) is 32.1 Å². The summed E-state index contributed by atoms with van der Waals surface area (Å²) in [6.07, 6.45) is 6.84. The van der Waals surface area contributed by atoms with Gasteiger partial charge in [0.2, 0.25) is 0 Å². The molecule has 0 saturated heterocycles. The van der Waals surface area contributed by atoms with E-state index in [1.165, 1.54) is 0 Å². The molecule has 0 amide bonds. The molecule has 0 fully saturated rings. The van der Waals surface area contributed by atoms with Crippen LogP contribution in [0.4, 0.5) is 5.82 Å². The summed E-state index contributed by atoms with van der Waals surface area (Å²) in [4.78, 5) is 14.7. The van der Waals surface area contributed by atoms with Crippen molar-refractivity contribution in [2.75, 3.05) is 25.7 Å². The Balaban J connectivity index is 1.78. The van der Waals surface area contributed by atoms with Crippen LogP contribution in [0.15, 0.2) is 49.3 Å². The van der Waals surface area contributed by atoms with Crippen LogP contribution < -0.4 is 14.4 Å². The van der Waals surface area contributed by atoms with Crippen molar-refractivity contribution in [1.82, 2.24) is 19.5 Å². The summed E-state index contributed by atoms with van der Waals surface area (Å²) in [6.45, 7) is 3.24. The molecular formula is C18H21N5O2. The van der Waals surface area contributed by atoms with Crippen LogP contribution in [-0.2, 0) is 6.54 Å². The van der Waals surface area contributed by atoms with E-state index in [9.17, 15) is 0 Å². The molecule has 0 aliphatic rings. The van der Waals surface area contributed by atoms with Gasteiger partial charge < -0.3 is 14.4 Å². The molecule has 0 saturated carbocycles. The van der Waals surface area contributed by atoms with Gasteiger partial charge in [0.05, 0.1) is 13.7 Å². The highest BCUT2D eigenvalue weighted by molar-refractivity contribution is 5.46. The van der Waals surface area contributed by atoms with Gasteiger partial charge in [0.1, 0.15) is 24.3 Å². The fourth-order valence-electron chi connectivity index (χ4n) is 2.52. The molecule has 0 radical (unpaired) electrons. The highest BCUT2D eigenvalue weighted by atomic mass is 16.5. The van der Waals surface area contributed by atoms with E-state index in [4.69, 9.17) is 9.47 Å². The Morgan fingerprint density at radius 1 is 1.16 bits per heavy atom. The molecule has 1 aromatic carbocycles. The molecule has 0 unspecified atom stereocenters. The van der Waals surface area contributed by atoms with Gasteiger partial charge in [-0.15, -0.1) is 0 Å². The van der Waals surface area contributed by atoms with Crippen LogP contribution in [0.5, 0.6) is 11.5 Å². The molecule has 0 atom stereocenters. The monoisotopic (exact) mass is 339 g/mol. The summed E-state index contributed by atoms with van der Waals surface area (Å²) in [7, 11) is 3.64. The molecule has 25 heavy (non-hydrogen) atoms. The van der Waals surface area contributed by atoms with Gasteiger partial charge in [-0.25, -0.2) is 15.0 Å². The van der Waals surface area contributed by atoms with Gasteiger partial charge in [-0.05, 0) is 24.6 Å². The molecule has 2 heterocycles. The minimum atomic E-state index is 0.605. The predicted octanol–water partition coefficient (Wildman–Crippen LogP) is 2.71. The van der Waals surface area contributed by atoms with Gasteiger partial charge in [-0.3, -0.25) is 4.57 Å². The Kier molecular flexibility index (Phi) is 5.13. The van der Waals surface area contributed by atoms with Crippen molar-refractivity contribution < 1.29 is 9.47 Å². The third-order valence-electron chi connectivity index (χ3n) is 3.75. The van der Waals surface area contributed by atoms with Crippen LogP contribution in [-0.4, -0.2) is 40.3 Å². The lowest BCUT2D eigenvalue weighted by molar-refractivity contribution is 0.310. The normalized spacial score (nSPS) is 10.5. The molecule has 0 bridgehead atoms. The van der Waals surface area contributed by atoms with E-state index in [1.807, 2.05) is 49.0 Å². The summed E-state index contributed by atoms with van der Waals surface area (Å²) in [5.41, 5.74) is 1.10. The second kappa shape index (κ2) is 7.65. The lowest BCUT2D eigenvalue weighted by Crippen LogP contribution is -2.18. The third kappa shape index (κ3) is 3.88. The summed E-state index contributed by atoms with van der Waals surface area (Å²) in [5, 5.41) is 0. The molecule has 0 aliphatic carbocycles. The summed E-state index contributed by atoms with van der Waals surface area (Å²) >= 11 is 0. The molecule has 7 heteroatoms. The smallest absolute Gasteiger partial charge is 0.161 e. The average Bonchev–Trinajstić information content (AvgIpc) is 3.18. The van der Waals surface area contributed by atoms with Gasteiger partial charge in [-0.1, -0.05) is 6.07 Å². The third-order valence-corrected chi connectivity index (χ3v) is 3.75. The van der Waals surface area contributed by atoms with E-state index in [0.29, 0.717) is 13.2 Å². The van der Waals surface area contributed by atoms with E-state index in [0.717, 1.165) is 28.7 Å². The highest BCUT2D eigenvalue weighted by Gasteiger charge is 2.10. The number of hydrogen-bond donors (Lipinski definition) is 0. The van der Waals surface area contributed by atoms with Gasteiger partial charge in [-0.2, -0.15) is 0 Å². The Bertz CT molecular complexity index is 820. The van der Waals surface area contributed by atoms with Crippen molar-refractivity contribution in [2.24, 2.45) is 0 Å². The van der Waals surface area contributed by atoms with E-state index in [2.05, 4.69) is 19.9 Å². The van der Waals surface area contributed by atoms with Crippen molar-refractivity contribution in [1.29, 1.82) is 0 Å². The van der Waals surface area contributed by atoms with Crippen LogP contribution in [0.3, 0.4) is 0 Å². The lowest BCUT2D eigenvalue weighted by atomic mass is 10.2. The van der Waals surface area contributed by atoms with Gasteiger partial charge in [0.15, 0.2) is 11.5 Å². The molecule has 3 rings (SSSR count). The minimum Gasteiger partial charge on any atom is -0.493 e. The predicted molar refractivity (Wildman–Crippen MR) is 95.4 cm³/mol. The zero-order valence-electron chi connectivity index (χ0n) is 14.6. The number of hydrogen-bond acceptors (Lipinski definition) is 6. The molecule has 130 valence electrons. The maximum absolute atomic E-state index is 5.56. The minimum absolute atomic E-state index is 0.605. The van der Waals surface area contributed by atoms with Crippen molar-refractivity contribution in [2.45, 2.75) is 13.5 Å². The maximum Gasteiger partial charge on any atom is 0.161 e. The van der Waals surface area contributed by atoms with Crippen molar-refractivity contribution in [3.05, 3.63) is 54.9 Å². The zero-order chi connectivity index (χ0) is 17.6. The average molecular weight is 339 g/mol. The van der Waals surface area contributed by atoms with Crippen molar-refractivity contribution >= 4 is 5.82 Å². The number of benzene rings is 1. The van der Waals surface area contributed by atoms with Gasteiger partial charge in [0.25, 0.3) is 0 Å². The Labute approximate surface area is 146 Å². The van der Waals surface area contributed by atoms with E-state index < -0.39 is 0 Å². The quantitative estimate of drug-likeness (QED) is 0.659. The summed E-state index contributed by atoms with van der Waals surface area (Å²) in [6, 6.07) is 7.87. The van der Waals surface area contributed by atoms with E-state index in [-0.39, 0.29) is 0 Å². The fourth-order valence-corrected chi connectivity index (χ4v) is 2.52. The molecule has 0 spiro atoms.